The fourth-order valence-electron chi connectivity index (χ4n) is 5.80. The molecule has 2 unspecified atom stereocenters. The van der Waals surface area contributed by atoms with Crippen molar-refractivity contribution in [3.05, 3.63) is 122 Å². The Bertz CT molecular complexity index is 1990. The third-order valence-electron chi connectivity index (χ3n) is 7.73. The predicted molar refractivity (Wildman–Crippen MR) is 166 cm³/mol. The first-order valence-corrected chi connectivity index (χ1v) is 15.4. The highest BCUT2D eigenvalue weighted by Crippen LogP contribution is 2.53. The quantitative estimate of drug-likeness (QED) is 0.231. The second kappa shape index (κ2) is 10.8. The number of anilines is 2. The highest BCUT2D eigenvalue weighted by molar-refractivity contribution is 8.00. The van der Waals surface area contributed by atoms with Gasteiger partial charge in [-0.2, -0.15) is 0 Å². The van der Waals surface area contributed by atoms with Crippen molar-refractivity contribution >= 4 is 74.6 Å². The monoisotopic (exact) mass is 629 g/mol. The summed E-state index contributed by atoms with van der Waals surface area (Å²) in [6.45, 7) is -0.280. The largest absolute Gasteiger partial charge is 0.324 e. The molecule has 7 nitrogen and oxygen atoms in total. The number of hydrogen-bond donors (Lipinski definition) is 1. The molecule has 1 aromatic heterocycles. The highest BCUT2D eigenvalue weighted by atomic mass is 35.5. The Morgan fingerprint density at radius 1 is 0.884 bits per heavy atom. The molecule has 1 saturated heterocycles. The molecule has 1 N–H and O–H groups in total. The van der Waals surface area contributed by atoms with Gasteiger partial charge in [0.1, 0.15) is 17.6 Å². The molecule has 5 aromatic rings. The van der Waals surface area contributed by atoms with Crippen molar-refractivity contribution < 1.29 is 18.8 Å². The van der Waals surface area contributed by atoms with Gasteiger partial charge in [0.15, 0.2) is 0 Å². The third kappa shape index (κ3) is 4.75. The molecule has 43 heavy (non-hydrogen) atoms. The molecule has 3 heterocycles. The summed E-state index contributed by atoms with van der Waals surface area (Å²) < 4.78 is 15.3. The molecule has 3 atom stereocenters. The molecular weight excluding hydrogens is 609 g/mol. The summed E-state index contributed by atoms with van der Waals surface area (Å²) in [7, 11) is 0. The number of nitrogens with zero attached hydrogens (tertiary/aromatic N) is 2. The van der Waals surface area contributed by atoms with E-state index in [1.807, 2.05) is 36.4 Å². The van der Waals surface area contributed by atoms with Crippen LogP contribution in [0.2, 0.25) is 5.02 Å². The smallest absolute Gasteiger partial charge is 0.308 e. The van der Waals surface area contributed by atoms with E-state index in [2.05, 4.69) is 5.32 Å². The Labute approximate surface area is 257 Å². The van der Waals surface area contributed by atoms with Crippen LogP contribution in [0.4, 0.5) is 15.8 Å². The van der Waals surface area contributed by atoms with Crippen LogP contribution >= 0.6 is 34.7 Å². The van der Waals surface area contributed by atoms with Gasteiger partial charge in [-0.1, -0.05) is 83.2 Å². The summed E-state index contributed by atoms with van der Waals surface area (Å²) in [5.41, 5.74) is 1.61. The first kappa shape index (κ1) is 27.6. The number of halogens is 2. The van der Waals surface area contributed by atoms with E-state index >= 15 is 0 Å². The number of carbonyl (C=O) groups excluding carboxylic acids is 3. The van der Waals surface area contributed by atoms with Gasteiger partial charge in [-0.25, -0.2) is 9.29 Å². The van der Waals surface area contributed by atoms with E-state index in [0.29, 0.717) is 31.9 Å². The second-order valence-electron chi connectivity index (χ2n) is 10.3. The van der Waals surface area contributed by atoms with Crippen molar-refractivity contribution in [2.45, 2.75) is 22.7 Å². The number of nitrogens with one attached hydrogen (secondary N) is 1. The van der Waals surface area contributed by atoms with E-state index in [-0.39, 0.29) is 11.4 Å². The van der Waals surface area contributed by atoms with Crippen LogP contribution in [0.5, 0.6) is 0 Å². The number of imide groups is 1. The maximum atomic E-state index is 13.9. The van der Waals surface area contributed by atoms with Crippen molar-refractivity contribution in [3.8, 4) is 0 Å². The minimum Gasteiger partial charge on any atom is -0.324 e. The number of thiazole rings is 1. The van der Waals surface area contributed by atoms with Gasteiger partial charge in [0.2, 0.25) is 17.7 Å². The van der Waals surface area contributed by atoms with Crippen LogP contribution in [0, 0.1) is 11.7 Å². The Kier molecular flexibility index (Phi) is 6.92. The molecule has 2 aliphatic heterocycles. The first-order chi connectivity index (χ1) is 20.8. The fourth-order valence-corrected chi connectivity index (χ4v) is 8.70. The predicted octanol–water partition coefficient (Wildman–Crippen LogP) is 6.29. The van der Waals surface area contributed by atoms with Crippen LogP contribution in [-0.4, -0.2) is 27.5 Å². The van der Waals surface area contributed by atoms with Gasteiger partial charge in [0, 0.05) is 26.9 Å². The summed E-state index contributed by atoms with van der Waals surface area (Å²) >= 11 is 8.10. The van der Waals surface area contributed by atoms with E-state index in [4.69, 9.17) is 11.6 Å². The lowest BCUT2D eigenvalue weighted by atomic mass is 9.83. The second-order valence-corrected chi connectivity index (χ2v) is 12.8. The first-order valence-electron chi connectivity index (χ1n) is 13.4. The highest BCUT2D eigenvalue weighted by Gasteiger charge is 2.56. The standard InChI is InChI=1S/C32H21ClFN3O4S2/c33-19-10-14-21(15-11-19)37-29(39)26-25(18-8-12-20(34)13-9-18)28-31(42-27(26)30(37)40)36(32(41)43-28)16-24(38)35-23-7-3-5-17-4-1-2-6-22(17)23/h1-15,25-27H,16H2,(H,35,38)/t25-,26?,27?/m1/s1. The van der Waals surface area contributed by atoms with Crippen LogP contribution in [0.1, 0.15) is 16.4 Å². The number of carbonyl (C=O) groups is 3. The van der Waals surface area contributed by atoms with E-state index in [1.54, 1.807) is 42.5 Å². The number of fused-ring (bicyclic) bond motifs is 3. The zero-order chi connectivity index (χ0) is 29.8. The summed E-state index contributed by atoms with van der Waals surface area (Å²) in [4.78, 5) is 55.7. The molecule has 0 saturated carbocycles. The van der Waals surface area contributed by atoms with Crippen molar-refractivity contribution in [2.24, 2.45) is 5.92 Å². The van der Waals surface area contributed by atoms with Crippen LogP contribution < -0.4 is 15.1 Å². The Morgan fingerprint density at radius 2 is 1.60 bits per heavy atom. The molecule has 2 aliphatic rings. The van der Waals surface area contributed by atoms with E-state index in [1.165, 1.54) is 16.7 Å². The Balaban J connectivity index is 1.28. The number of thioether (sulfide) groups is 1. The Hall–Kier alpha value is -4.25. The molecule has 0 aliphatic carbocycles. The summed E-state index contributed by atoms with van der Waals surface area (Å²) in [5, 5.41) is 4.81. The lowest BCUT2D eigenvalue weighted by Crippen LogP contribution is -2.33. The van der Waals surface area contributed by atoms with Gasteiger partial charge in [-0.15, -0.1) is 0 Å². The average molecular weight is 630 g/mol. The maximum absolute atomic E-state index is 13.9. The molecule has 4 aromatic carbocycles. The molecule has 11 heteroatoms. The van der Waals surface area contributed by atoms with Crippen molar-refractivity contribution in [2.75, 3.05) is 10.2 Å². The topological polar surface area (TPSA) is 88.5 Å². The molecule has 7 rings (SSSR count). The van der Waals surface area contributed by atoms with Crippen LogP contribution in [0.25, 0.3) is 10.8 Å². The van der Waals surface area contributed by atoms with Crippen molar-refractivity contribution in [1.29, 1.82) is 0 Å². The molecule has 214 valence electrons. The number of amides is 3. The van der Waals surface area contributed by atoms with Gasteiger partial charge in [0.25, 0.3) is 0 Å². The van der Waals surface area contributed by atoms with Crippen molar-refractivity contribution in [1.82, 2.24) is 4.57 Å². The molecule has 0 bridgehead atoms. The van der Waals surface area contributed by atoms with Crippen LogP contribution in [0.3, 0.4) is 0 Å². The molecule has 1 fully saturated rings. The maximum Gasteiger partial charge on any atom is 0.308 e. The van der Waals surface area contributed by atoms with Crippen LogP contribution in [0.15, 0.2) is 101 Å². The summed E-state index contributed by atoms with van der Waals surface area (Å²) in [6, 6.07) is 25.4. The normalized spacial score (nSPS) is 19.4. The SMILES string of the molecule is O=C(Cn1c2c(sc1=O)[C@H](c1ccc(F)cc1)C1C(=O)N(c3ccc(Cl)cc3)C(=O)C1S2)Nc1cccc2ccccc12. The average Bonchev–Trinajstić information content (AvgIpc) is 3.44. The van der Waals surface area contributed by atoms with E-state index in [9.17, 15) is 23.6 Å². The zero-order valence-corrected chi connectivity index (χ0v) is 24.6. The minimum atomic E-state index is -0.855. The van der Waals surface area contributed by atoms with Crippen LogP contribution in [-0.2, 0) is 20.9 Å². The number of hydrogen-bond acceptors (Lipinski definition) is 6. The lowest BCUT2D eigenvalue weighted by Gasteiger charge is -2.30. The lowest BCUT2D eigenvalue weighted by molar-refractivity contribution is -0.122. The summed E-state index contributed by atoms with van der Waals surface area (Å²) in [6.07, 6.45) is 0. The third-order valence-corrected chi connectivity index (χ3v) is 10.6. The number of benzene rings is 4. The molecule has 0 radical (unpaired) electrons. The summed E-state index contributed by atoms with van der Waals surface area (Å²) in [5.74, 6) is -3.20. The van der Waals surface area contributed by atoms with Gasteiger partial charge >= 0.3 is 4.87 Å². The molecule has 0 spiro atoms. The van der Waals surface area contributed by atoms with Gasteiger partial charge in [0.05, 0.1) is 16.6 Å². The minimum absolute atomic E-state index is 0.280. The molecular formula is C32H21ClFN3O4S2. The van der Waals surface area contributed by atoms with E-state index in [0.717, 1.165) is 38.8 Å². The van der Waals surface area contributed by atoms with Crippen molar-refractivity contribution in [3.63, 3.8) is 0 Å². The van der Waals surface area contributed by atoms with Gasteiger partial charge < -0.3 is 5.32 Å². The molecule has 3 amide bonds. The Morgan fingerprint density at radius 3 is 2.37 bits per heavy atom. The van der Waals surface area contributed by atoms with E-state index < -0.39 is 40.6 Å². The fraction of sp³-hybridized carbons (Fsp3) is 0.125. The number of rotatable bonds is 5. The number of aromatic nitrogens is 1. The van der Waals surface area contributed by atoms with Gasteiger partial charge in [-0.05, 0) is 53.4 Å². The van der Waals surface area contributed by atoms with Gasteiger partial charge in [-0.3, -0.25) is 23.7 Å². The zero-order valence-electron chi connectivity index (χ0n) is 22.2.